The standard InChI is InChI=1S/C26H23FN2O2/c1-15-12-13-19(17(3)14-15)23-24(28-21-10-7-8-16(2)18(21)4)26(31)29(25(23)30)22-11-6-5-9-20(22)27/h5-14,28H,1-4H3. The topological polar surface area (TPSA) is 49.4 Å². The maximum Gasteiger partial charge on any atom is 0.282 e. The third-order valence-corrected chi connectivity index (χ3v) is 5.69. The highest BCUT2D eigenvalue weighted by molar-refractivity contribution is 6.46. The van der Waals surface area contributed by atoms with Crippen molar-refractivity contribution in [3.05, 3.63) is 100.0 Å². The fourth-order valence-corrected chi connectivity index (χ4v) is 3.86. The number of anilines is 2. The Balaban J connectivity index is 1.91. The number of rotatable bonds is 4. The lowest BCUT2D eigenvalue weighted by Crippen LogP contribution is -2.33. The zero-order valence-corrected chi connectivity index (χ0v) is 17.9. The average Bonchev–Trinajstić information content (AvgIpc) is 2.96. The van der Waals surface area contributed by atoms with Crippen molar-refractivity contribution in [2.45, 2.75) is 27.7 Å². The number of para-hydroxylation sites is 1. The molecule has 0 atom stereocenters. The van der Waals surface area contributed by atoms with E-state index in [4.69, 9.17) is 0 Å². The van der Waals surface area contributed by atoms with Gasteiger partial charge in [0.15, 0.2) is 0 Å². The van der Waals surface area contributed by atoms with Gasteiger partial charge in [0.2, 0.25) is 0 Å². The maximum atomic E-state index is 14.5. The predicted octanol–water partition coefficient (Wildman–Crippen LogP) is 5.46. The first-order valence-electron chi connectivity index (χ1n) is 10.1. The van der Waals surface area contributed by atoms with E-state index >= 15 is 0 Å². The second-order valence-electron chi connectivity index (χ2n) is 7.84. The van der Waals surface area contributed by atoms with Crippen molar-refractivity contribution in [2.24, 2.45) is 0 Å². The number of aryl methyl sites for hydroxylation is 3. The summed E-state index contributed by atoms with van der Waals surface area (Å²) in [4.78, 5) is 27.9. The van der Waals surface area contributed by atoms with Crippen LogP contribution in [0.1, 0.15) is 27.8 Å². The van der Waals surface area contributed by atoms with Crippen LogP contribution in [-0.4, -0.2) is 11.8 Å². The van der Waals surface area contributed by atoms with E-state index in [2.05, 4.69) is 5.32 Å². The van der Waals surface area contributed by atoms with Gasteiger partial charge < -0.3 is 5.32 Å². The van der Waals surface area contributed by atoms with Crippen LogP contribution in [0.2, 0.25) is 0 Å². The molecule has 4 rings (SSSR count). The van der Waals surface area contributed by atoms with Crippen LogP contribution in [0.25, 0.3) is 5.57 Å². The number of carbonyl (C=O) groups excluding carboxylic acids is 2. The highest BCUT2D eigenvalue weighted by atomic mass is 19.1. The summed E-state index contributed by atoms with van der Waals surface area (Å²) in [5.74, 6) is -1.75. The molecule has 156 valence electrons. The van der Waals surface area contributed by atoms with Gasteiger partial charge in [-0.25, -0.2) is 9.29 Å². The highest BCUT2D eigenvalue weighted by Crippen LogP contribution is 2.36. The fraction of sp³-hybridized carbons (Fsp3) is 0.154. The molecular weight excluding hydrogens is 391 g/mol. The van der Waals surface area contributed by atoms with Crippen molar-refractivity contribution in [1.29, 1.82) is 0 Å². The minimum absolute atomic E-state index is 0.0578. The number of halogens is 1. The Morgan fingerprint density at radius 1 is 0.806 bits per heavy atom. The van der Waals surface area contributed by atoms with Crippen LogP contribution < -0.4 is 10.2 Å². The Bertz CT molecular complexity index is 1260. The van der Waals surface area contributed by atoms with Gasteiger partial charge in [0, 0.05) is 5.69 Å². The Kier molecular flexibility index (Phi) is 5.19. The number of nitrogens with zero attached hydrogens (tertiary/aromatic N) is 1. The zero-order valence-electron chi connectivity index (χ0n) is 17.9. The maximum absolute atomic E-state index is 14.5. The molecule has 0 saturated carbocycles. The third kappa shape index (κ3) is 3.52. The normalized spacial score (nSPS) is 13.9. The Morgan fingerprint density at radius 2 is 1.55 bits per heavy atom. The minimum atomic E-state index is -0.628. The van der Waals surface area contributed by atoms with Crippen molar-refractivity contribution in [3.8, 4) is 0 Å². The number of hydrogen-bond acceptors (Lipinski definition) is 3. The van der Waals surface area contributed by atoms with E-state index in [1.807, 2.05) is 64.1 Å². The molecule has 0 unspecified atom stereocenters. The third-order valence-electron chi connectivity index (χ3n) is 5.69. The number of benzene rings is 3. The predicted molar refractivity (Wildman–Crippen MR) is 121 cm³/mol. The number of nitrogens with one attached hydrogen (secondary N) is 1. The summed E-state index contributed by atoms with van der Waals surface area (Å²) in [5.41, 5.74) is 5.66. The lowest BCUT2D eigenvalue weighted by atomic mass is 9.97. The fourth-order valence-electron chi connectivity index (χ4n) is 3.86. The molecule has 0 aromatic heterocycles. The second-order valence-corrected chi connectivity index (χ2v) is 7.84. The summed E-state index contributed by atoms with van der Waals surface area (Å²) in [5, 5.41) is 3.18. The highest BCUT2D eigenvalue weighted by Gasteiger charge is 2.41. The smallest absolute Gasteiger partial charge is 0.282 e. The quantitative estimate of drug-likeness (QED) is 0.577. The summed E-state index contributed by atoms with van der Waals surface area (Å²) in [7, 11) is 0. The van der Waals surface area contributed by atoms with Gasteiger partial charge in [0.25, 0.3) is 11.8 Å². The average molecular weight is 414 g/mol. The molecule has 3 aromatic rings. The summed E-state index contributed by atoms with van der Waals surface area (Å²) >= 11 is 0. The van der Waals surface area contributed by atoms with Gasteiger partial charge in [-0.3, -0.25) is 9.59 Å². The molecule has 1 aliphatic heterocycles. The minimum Gasteiger partial charge on any atom is -0.350 e. The van der Waals surface area contributed by atoms with E-state index in [9.17, 15) is 14.0 Å². The first-order valence-corrected chi connectivity index (χ1v) is 10.1. The van der Waals surface area contributed by atoms with Crippen LogP contribution in [0.5, 0.6) is 0 Å². The molecule has 4 nitrogen and oxygen atoms in total. The molecule has 31 heavy (non-hydrogen) atoms. The zero-order chi connectivity index (χ0) is 22.3. The van der Waals surface area contributed by atoms with Crippen LogP contribution in [0, 0.1) is 33.5 Å². The lowest BCUT2D eigenvalue weighted by molar-refractivity contribution is -0.120. The van der Waals surface area contributed by atoms with Gasteiger partial charge in [-0.2, -0.15) is 0 Å². The molecule has 1 aliphatic rings. The van der Waals surface area contributed by atoms with Crippen molar-refractivity contribution < 1.29 is 14.0 Å². The Morgan fingerprint density at radius 3 is 2.26 bits per heavy atom. The van der Waals surface area contributed by atoms with Crippen molar-refractivity contribution in [3.63, 3.8) is 0 Å². The van der Waals surface area contributed by atoms with Crippen LogP contribution in [-0.2, 0) is 9.59 Å². The molecule has 3 aromatic carbocycles. The van der Waals surface area contributed by atoms with E-state index in [0.717, 1.165) is 32.8 Å². The summed E-state index contributed by atoms with van der Waals surface area (Å²) < 4.78 is 14.5. The van der Waals surface area contributed by atoms with Crippen LogP contribution in [0.15, 0.2) is 66.4 Å². The number of imide groups is 1. The van der Waals surface area contributed by atoms with E-state index in [1.165, 1.54) is 18.2 Å². The monoisotopic (exact) mass is 414 g/mol. The molecule has 0 radical (unpaired) electrons. The number of carbonyl (C=O) groups is 2. The van der Waals surface area contributed by atoms with Gasteiger partial charge >= 0.3 is 0 Å². The van der Waals surface area contributed by atoms with Crippen molar-refractivity contribution >= 4 is 28.8 Å². The summed E-state index contributed by atoms with van der Waals surface area (Å²) in [6.45, 7) is 7.79. The molecular formula is C26H23FN2O2. The van der Waals surface area contributed by atoms with E-state index in [1.54, 1.807) is 6.07 Å². The van der Waals surface area contributed by atoms with Gasteiger partial charge in [-0.1, -0.05) is 48.0 Å². The molecule has 5 heteroatoms. The Hall–Kier alpha value is -3.73. The molecule has 0 bridgehead atoms. The molecule has 0 saturated heterocycles. The van der Waals surface area contributed by atoms with Gasteiger partial charge in [0.1, 0.15) is 11.5 Å². The second kappa shape index (κ2) is 7.84. The molecule has 1 N–H and O–H groups in total. The number of hydrogen-bond donors (Lipinski definition) is 1. The van der Waals surface area contributed by atoms with Gasteiger partial charge in [-0.15, -0.1) is 0 Å². The van der Waals surface area contributed by atoms with Crippen molar-refractivity contribution in [2.75, 3.05) is 10.2 Å². The molecule has 0 aliphatic carbocycles. The van der Waals surface area contributed by atoms with Crippen LogP contribution in [0.4, 0.5) is 15.8 Å². The summed E-state index contributed by atoms with van der Waals surface area (Å²) in [6, 6.07) is 17.2. The first kappa shape index (κ1) is 20.5. The molecule has 2 amide bonds. The molecule has 0 spiro atoms. The largest absolute Gasteiger partial charge is 0.350 e. The van der Waals surface area contributed by atoms with Gasteiger partial charge in [0.05, 0.1) is 11.3 Å². The van der Waals surface area contributed by atoms with Gasteiger partial charge in [-0.05, 0) is 68.1 Å². The molecule has 1 heterocycles. The van der Waals surface area contributed by atoms with Crippen LogP contribution in [0.3, 0.4) is 0 Å². The Labute approximate surface area is 181 Å². The van der Waals surface area contributed by atoms with Crippen molar-refractivity contribution in [1.82, 2.24) is 0 Å². The van der Waals surface area contributed by atoms with Crippen LogP contribution >= 0.6 is 0 Å². The molecule has 0 fully saturated rings. The SMILES string of the molecule is Cc1ccc(C2=C(Nc3cccc(C)c3C)C(=O)N(c3ccccc3F)C2=O)c(C)c1. The van der Waals surface area contributed by atoms with E-state index < -0.39 is 17.6 Å². The first-order chi connectivity index (χ1) is 14.8. The van der Waals surface area contributed by atoms with E-state index in [-0.39, 0.29) is 17.0 Å². The summed E-state index contributed by atoms with van der Waals surface area (Å²) in [6.07, 6.45) is 0. The lowest BCUT2D eigenvalue weighted by Gasteiger charge is -2.16. The number of amides is 2. The van der Waals surface area contributed by atoms with E-state index in [0.29, 0.717) is 5.56 Å².